The second kappa shape index (κ2) is 7.70. The Bertz CT molecular complexity index is 301. The van der Waals surface area contributed by atoms with Crippen LogP contribution in [0.4, 0.5) is 0 Å². The van der Waals surface area contributed by atoms with Crippen LogP contribution in [-0.4, -0.2) is 30.1 Å². The predicted molar refractivity (Wildman–Crippen MR) is 70.0 cm³/mol. The molecule has 0 aliphatic rings. The zero-order chi connectivity index (χ0) is 11.8. The van der Waals surface area contributed by atoms with Gasteiger partial charge in [-0.1, -0.05) is 0 Å². The summed E-state index contributed by atoms with van der Waals surface area (Å²) in [6.07, 6.45) is 1.03. The van der Waals surface area contributed by atoms with Crippen molar-refractivity contribution in [3.05, 3.63) is 22.4 Å². The lowest BCUT2D eigenvalue weighted by atomic mass is 10.3. The zero-order valence-corrected chi connectivity index (χ0v) is 11.0. The van der Waals surface area contributed by atoms with Gasteiger partial charge >= 0.3 is 5.97 Å². The van der Waals surface area contributed by atoms with E-state index in [9.17, 15) is 4.79 Å². The maximum absolute atomic E-state index is 11.2. The number of aryl methyl sites for hydroxylation is 1. The summed E-state index contributed by atoms with van der Waals surface area (Å²) in [5.41, 5.74) is 7.02. The highest BCUT2D eigenvalue weighted by molar-refractivity contribution is 7.99. The first-order valence-electron chi connectivity index (χ1n) is 5.25. The Morgan fingerprint density at radius 3 is 3.12 bits per heavy atom. The first-order chi connectivity index (χ1) is 7.74. The fraction of sp³-hybridized carbons (Fsp3) is 0.545. The van der Waals surface area contributed by atoms with E-state index in [4.69, 9.17) is 10.5 Å². The highest BCUT2D eigenvalue weighted by Gasteiger charge is 2.13. The Morgan fingerprint density at radius 1 is 1.69 bits per heavy atom. The van der Waals surface area contributed by atoms with Crippen molar-refractivity contribution in [2.75, 3.05) is 18.1 Å². The average molecular weight is 259 g/mol. The van der Waals surface area contributed by atoms with Gasteiger partial charge in [0.25, 0.3) is 0 Å². The molecule has 0 amide bonds. The number of ether oxygens (including phenoxy) is 1. The largest absolute Gasteiger partial charge is 0.465 e. The second-order valence-corrected chi connectivity index (χ2v) is 5.24. The van der Waals surface area contributed by atoms with Crippen molar-refractivity contribution >= 4 is 29.1 Å². The number of hydrogen-bond donors (Lipinski definition) is 1. The van der Waals surface area contributed by atoms with Gasteiger partial charge in [-0.25, -0.2) is 0 Å². The molecule has 1 atom stereocenters. The maximum Gasteiger partial charge on any atom is 0.323 e. The molecule has 0 saturated heterocycles. The first kappa shape index (κ1) is 13.5. The van der Waals surface area contributed by atoms with E-state index in [1.54, 1.807) is 30.0 Å². The van der Waals surface area contributed by atoms with Crippen LogP contribution >= 0.6 is 23.1 Å². The molecule has 1 rings (SSSR count). The first-order valence-corrected chi connectivity index (χ1v) is 7.34. The molecule has 0 aliphatic carbocycles. The van der Waals surface area contributed by atoms with Crippen LogP contribution < -0.4 is 5.73 Å². The molecule has 1 aromatic rings. The SMILES string of the molecule is CCOC(=O)C(N)CSCCc1ccsc1. The smallest absolute Gasteiger partial charge is 0.323 e. The van der Waals surface area contributed by atoms with E-state index in [1.807, 2.05) is 0 Å². The molecule has 3 nitrogen and oxygen atoms in total. The molecule has 5 heteroatoms. The molecule has 90 valence electrons. The van der Waals surface area contributed by atoms with Crippen LogP contribution in [0.2, 0.25) is 0 Å². The minimum Gasteiger partial charge on any atom is -0.465 e. The van der Waals surface area contributed by atoms with Gasteiger partial charge in [0, 0.05) is 5.75 Å². The number of carbonyl (C=O) groups excluding carboxylic acids is 1. The third-order valence-electron chi connectivity index (χ3n) is 2.00. The topological polar surface area (TPSA) is 52.3 Å². The quantitative estimate of drug-likeness (QED) is 0.600. The molecular weight excluding hydrogens is 242 g/mol. The van der Waals surface area contributed by atoms with Crippen molar-refractivity contribution in [3.8, 4) is 0 Å². The van der Waals surface area contributed by atoms with Gasteiger partial charge in [0.1, 0.15) is 6.04 Å². The summed E-state index contributed by atoms with van der Waals surface area (Å²) >= 11 is 3.40. The van der Waals surface area contributed by atoms with E-state index in [0.717, 1.165) is 12.2 Å². The summed E-state index contributed by atoms with van der Waals surface area (Å²) < 4.78 is 4.83. The number of carbonyl (C=O) groups is 1. The van der Waals surface area contributed by atoms with Gasteiger partial charge in [-0.15, -0.1) is 0 Å². The molecule has 1 aromatic heterocycles. The summed E-state index contributed by atoms with van der Waals surface area (Å²) in [4.78, 5) is 11.2. The minimum atomic E-state index is -0.493. The van der Waals surface area contributed by atoms with E-state index in [2.05, 4.69) is 16.8 Å². The number of rotatable bonds is 7. The average Bonchev–Trinajstić information content (AvgIpc) is 2.77. The van der Waals surface area contributed by atoms with Crippen LogP contribution in [0.3, 0.4) is 0 Å². The van der Waals surface area contributed by atoms with E-state index in [0.29, 0.717) is 12.4 Å². The lowest BCUT2D eigenvalue weighted by molar-refractivity contribution is -0.144. The number of nitrogens with two attached hydrogens (primary N) is 1. The number of hydrogen-bond acceptors (Lipinski definition) is 5. The lowest BCUT2D eigenvalue weighted by Gasteiger charge is -2.09. The Morgan fingerprint density at radius 2 is 2.50 bits per heavy atom. The highest BCUT2D eigenvalue weighted by atomic mass is 32.2. The van der Waals surface area contributed by atoms with Gasteiger partial charge < -0.3 is 10.5 Å². The van der Waals surface area contributed by atoms with Crippen LogP contribution in [0.1, 0.15) is 12.5 Å². The lowest BCUT2D eigenvalue weighted by Crippen LogP contribution is -2.34. The molecule has 0 radical (unpaired) electrons. The molecule has 2 N–H and O–H groups in total. The van der Waals surface area contributed by atoms with Crippen LogP contribution in [-0.2, 0) is 16.0 Å². The minimum absolute atomic E-state index is 0.300. The van der Waals surface area contributed by atoms with E-state index in [-0.39, 0.29) is 5.97 Å². The molecule has 1 heterocycles. The number of thioether (sulfide) groups is 1. The molecule has 0 bridgehead atoms. The van der Waals surface area contributed by atoms with Crippen molar-refractivity contribution in [1.29, 1.82) is 0 Å². The van der Waals surface area contributed by atoms with Gasteiger partial charge in [-0.3, -0.25) is 4.79 Å². The molecule has 16 heavy (non-hydrogen) atoms. The molecule has 0 aliphatic heterocycles. The van der Waals surface area contributed by atoms with Crippen LogP contribution in [0.5, 0.6) is 0 Å². The maximum atomic E-state index is 11.2. The summed E-state index contributed by atoms with van der Waals surface area (Å²) in [7, 11) is 0. The molecule has 0 saturated carbocycles. The normalized spacial score (nSPS) is 12.4. The monoisotopic (exact) mass is 259 g/mol. The van der Waals surface area contributed by atoms with Crippen LogP contribution in [0.25, 0.3) is 0 Å². The summed E-state index contributed by atoms with van der Waals surface area (Å²) in [6, 6.07) is 1.63. The van der Waals surface area contributed by atoms with Crippen molar-refractivity contribution in [2.45, 2.75) is 19.4 Å². The predicted octanol–water partition coefficient (Wildman–Crippen LogP) is 1.91. The van der Waals surface area contributed by atoms with Crippen LogP contribution in [0, 0.1) is 0 Å². The Kier molecular flexibility index (Phi) is 6.52. The molecule has 0 fully saturated rings. The van der Waals surface area contributed by atoms with E-state index < -0.39 is 6.04 Å². The van der Waals surface area contributed by atoms with E-state index >= 15 is 0 Å². The third kappa shape index (κ3) is 5.01. The molecule has 0 spiro atoms. The van der Waals surface area contributed by atoms with Gasteiger partial charge in [0.15, 0.2) is 0 Å². The Hall–Kier alpha value is -0.520. The Labute approximate surface area is 104 Å². The highest BCUT2D eigenvalue weighted by Crippen LogP contribution is 2.11. The summed E-state index contributed by atoms with van der Waals surface area (Å²) in [6.45, 7) is 2.18. The summed E-state index contributed by atoms with van der Waals surface area (Å²) in [5, 5.41) is 4.22. The van der Waals surface area contributed by atoms with Crippen molar-refractivity contribution < 1.29 is 9.53 Å². The second-order valence-electron chi connectivity index (χ2n) is 3.32. The van der Waals surface area contributed by atoms with Gasteiger partial charge in [0.05, 0.1) is 6.61 Å². The van der Waals surface area contributed by atoms with E-state index in [1.165, 1.54) is 5.56 Å². The van der Waals surface area contributed by atoms with Crippen LogP contribution in [0.15, 0.2) is 16.8 Å². The molecular formula is C11H17NO2S2. The fourth-order valence-corrected chi connectivity index (χ4v) is 2.79. The van der Waals surface area contributed by atoms with Gasteiger partial charge in [-0.05, 0) is 41.5 Å². The van der Waals surface area contributed by atoms with Crippen molar-refractivity contribution in [1.82, 2.24) is 0 Å². The zero-order valence-electron chi connectivity index (χ0n) is 9.35. The van der Waals surface area contributed by atoms with Crippen molar-refractivity contribution in [2.24, 2.45) is 5.73 Å². The van der Waals surface area contributed by atoms with Gasteiger partial charge in [0.2, 0.25) is 0 Å². The van der Waals surface area contributed by atoms with Gasteiger partial charge in [-0.2, -0.15) is 23.1 Å². The molecule has 0 aromatic carbocycles. The standard InChI is InChI=1S/C11H17NO2S2/c1-2-14-11(13)10(12)8-16-6-4-9-3-5-15-7-9/h3,5,7,10H,2,4,6,8,12H2,1H3. The Balaban J connectivity index is 2.08. The third-order valence-corrected chi connectivity index (χ3v) is 3.82. The van der Waals surface area contributed by atoms with Crippen molar-refractivity contribution in [3.63, 3.8) is 0 Å². The number of thiophene rings is 1. The number of esters is 1. The molecule has 1 unspecified atom stereocenters. The fourth-order valence-electron chi connectivity index (χ4n) is 1.15. The summed E-state index contributed by atoms with van der Waals surface area (Å²) in [5.74, 6) is 1.32.